The molecule has 2 heterocycles. The highest BCUT2D eigenvalue weighted by Crippen LogP contribution is 2.38. The van der Waals surface area contributed by atoms with E-state index in [0.29, 0.717) is 23.0 Å². The number of aromatic nitrogens is 1. The fourth-order valence-corrected chi connectivity index (χ4v) is 3.93. The molecule has 0 atom stereocenters. The van der Waals surface area contributed by atoms with E-state index in [1.54, 1.807) is 20.4 Å². The van der Waals surface area contributed by atoms with Crippen molar-refractivity contribution in [2.45, 2.75) is 19.3 Å². The van der Waals surface area contributed by atoms with Crippen LogP contribution in [0.25, 0.3) is 10.9 Å². The van der Waals surface area contributed by atoms with Crippen LogP contribution >= 0.6 is 12.1 Å². The SMILES string of the molecule is COc1cc2ncc(C#N)c(N3CCC(CCNSN)CC3)c2cc1OC. The van der Waals surface area contributed by atoms with Gasteiger partial charge in [-0.2, -0.15) is 5.26 Å². The molecule has 3 rings (SSSR count). The highest BCUT2D eigenvalue weighted by molar-refractivity contribution is 7.95. The summed E-state index contributed by atoms with van der Waals surface area (Å²) in [7, 11) is 3.22. The van der Waals surface area contributed by atoms with Crippen molar-refractivity contribution in [2.75, 3.05) is 38.8 Å². The number of nitriles is 1. The van der Waals surface area contributed by atoms with Gasteiger partial charge in [-0.25, -0.2) is 0 Å². The van der Waals surface area contributed by atoms with E-state index in [2.05, 4.69) is 20.7 Å². The molecule has 0 aliphatic carbocycles. The first-order valence-corrected chi connectivity index (χ1v) is 9.88. The topological polar surface area (TPSA) is 96.4 Å². The molecule has 0 spiro atoms. The number of nitrogens with two attached hydrogens (primary N) is 1. The van der Waals surface area contributed by atoms with Crippen LogP contribution in [-0.2, 0) is 0 Å². The van der Waals surface area contributed by atoms with Crippen LogP contribution in [-0.4, -0.2) is 38.8 Å². The Hall–Kier alpha value is -2.21. The summed E-state index contributed by atoms with van der Waals surface area (Å²) < 4.78 is 14.0. The number of nitrogens with zero attached hydrogens (tertiary/aromatic N) is 3. The lowest BCUT2D eigenvalue weighted by Crippen LogP contribution is -2.35. The summed E-state index contributed by atoms with van der Waals surface area (Å²) in [6, 6.07) is 6.09. The van der Waals surface area contributed by atoms with Gasteiger partial charge in [0, 0.05) is 49.4 Å². The average Bonchev–Trinajstić information content (AvgIpc) is 2.72. The highest BCUT2D eigenvalue weighted by atomic mass is 32.2. The summed E-state index contributed by atoms with van der Waals surface area (Å²) in [6.07, 6.45) is 4.96. The van der Waals surface area contributed by atoms with Crippen LogP contribution in [0.2, 0.25) is 0 Å². The van der Waals surface area contributed by atoms with Crippen molar-refractivity contribution in [3.8, 4) is 17.6 Å². The Morgan fingerprint density at radius 2 is 2.00 bits per heavy atom. The van der Waals surface area contributed by atoms with Gasteiger partial charge in [-0.3, -0.25) is 14.8 Å². The fraction of sp³-hybridized carbons (Fsp3) is 0.474. The van der Waals surface area contributed by atoms with E-state index in [0.717, 1.165) is 55.5 Å². The molecule has 2 aromatic rings. The van der Waals surface area contributed by atoms with Gasteiger partial charge in [0.05, 0.1) is 31.0 Å². The highest BCUT2D eigenvalue weighted by Gasteiger charge is 2.24. The van der Waals surface area contributed by atoms with Crippen LogP contribution in [0.4, 0.5) is 5.69 Å². The van der Waals surface area contributed by atoms with E-state index in [1.807, 2.05) is 12.1 Å². The summed E-state index contributed by atoms with van der Waals surface area (Å²) in [5.74, 6) is 1.95. The quantitative estimate of drug-likeness (QED) is 0.553. The summed E-state index contributed by atoms with van der Waals surface area (Å²) in [6.45, 7) is 2.76. The lowest BCUT2D eigenvalue weighted by molar-refractivity contribution is 0.355. The second kappa shape index (κ2) is 9.13. The average molecular weight is 388 g/mol. The first-order chi connectivity index (χ1) is 13.2. The Balaban J connectivity index is 1.90. The van der Waals surface area contributed by atoms with E-state index in [1.165, 1.54) is 12.1 Å². The maximum absolute atomic E-state index is 9.64. The van der Waals surface area contributed by atoms with Gasteiger partial charge >= 0.3 is 0 Å². The zero-order valence-electron chi connectivity index (χ0n) is 15.7. The second-order valence-electron chi connectivity index (χ2n) is 6.59. The van der Waals surface area contributed by atoms with Gasteiger partial charge in [-0.15, -0.1) is 0 Å². The van der Waals surface area contributed by atoms with Crippen LogP contribution in [0.3, 0.4) is 0 Å². The predicted octanol–water partition coefficient (Wildman–Crippen LogP) is 2.84. The lowest BCUT2D eigenvalue weighted by Gasteiger charge is -2.34. The van der Waals surface area contributed by atoms with Crippen molar-refractivity contribution in [2.24, 2.45) is 11.1 Å². The van der Waals surface area contributed by atoms with Gasteiger partial charge in [0.2, 0.25) is 0 Å². The third-order valence-electron chi connectivity index (χ3n) is 5.13. The van der Waals surface area contributed by atoms with Gasteiger partial charge in [-0.05, 0) is 31.2 Å². The fourth-order valence-electron chi connectivity index (χ4n) is 3.69. The zero-order chi connectivity index (χ0) is 19.2. The third-order valence-corrected chi connectivity index (χ3v) is 5.50. The molecule has 0 radical (unpaired) electrons. The maximum Gasteiger partial charge on any atom is 0.162 e. The number of hydrogen-bond acceptors (Lipinski definition) is 8. The standard InChI is InChI=1S/C19H25N5O2S/c1-25-17-9-15-16(10-18(17)26-2)22-12-14(11-20)19(15)24-7-4-13(5-8-24)3-6-23-27-21/h9-10,12-13,23H,3-8,21H2,1-2H3. The number of fused-ring (bicyclic) bond motifs is 1. The Kier molecular flexibility index (Phi) is 6.61. The van der Waals surface area contributed by atoms with Crippen molar-refractivity contribution in [1.82, 2.24) is 9.71 Å². The van der Waals surface area contributed by atoms with Crippen molar-refractivity contribution >= 4 is 28.7 Å². The van der Waals surface area contributed by atoms with Crippen LogP contribution in [0, 0.1) is 17.2 Å². The minimum absolute atomic E-state index is 0.592. The number of pyridine rings is 1. The molecule has 1 aliphatic rings. The Labute approximate surface area is 164 Å². The van der Waals surface area contributed by atoms with Crippen LogP contribution < -0.4 is 24.2 Å². The van der Waals surface area contributed by atoms with E-state index < -0.39 is 0 Å². The number of rotatable bonds is 7. The summed E-state index contributed by atoms with van der Waals surface area (Å²) >= 11 is 1.17. The number of anilines is 1. The minimum Gasteiger partial charge on any atom is -0.493 e. The minimum atomic E-state index is 0.592. The van der Waals surface area contributed by atoms with E-state index in [9.17, 15) is 5.26 Å². The molecule has 1 fully saturated rings. The third kappa shape index (κ3) is 4.21. The van der Waals surface area contributed by atoms with Crippen molar-refractivity contribution in [3.05, 3.63) is 23.9 Å². The van der Waals surface area contributed by atoms with Crippen LogP contribution in [0.5, 0.6) is 11.5 Å². The molecule has 1 aromatic heterocycles. The summed E-state index contributed by atoms with van der Waals surface area (Å²) in [4.78, 5) is 6.75. The Morgan fingerprint density at radius 1 is 1.30 bits per heavy atom. The molecule has 1 saturated heterocycles. The number of benzene rings is 1. The number of nitrogens with one attached hydrogen (secondary N) is 1. The number of piperidine rings is 1. The zero-order valence-corrected chi connectivity index (χ0v) is 16.5. The van der Waals surface area contributed by atoms with Gasteiger partial charge in [0.15, 0.2) is 11.5 Å². The van der Waals surface area contributed by atoms with Gasteiger partial charge in [0.1, 0.15) is 6.07 Å². The molecular weight excluding hydrogens is 362 g/mol. The molecule has 0 bridgehead atoms. The largest absolute Gasteiger partial charge is 0.493 e. The first kappa shape index (κ1) is 19.5. The number of ether oxygens (including phenoxy) is 2. The van der Waals surface area contributed by atoms with Gasteiger partial charge in [-0.1, -0.05) is 0 Å². The molecule has 1 aliphatic heterocycles. The molecule has 144 valence electrons. The Bertz CT molecular complexity index is 831. The van der Waals surface area contributed by atoms with Gasteiger partial charge in [0.25, 0.3) is 0 Å². The first-order valence-electron chi connectivity index (χ1n) is 9.00. The summed E-state index contributed by atoms with van der Waals surface area (Å²) in [5, 5.41) is 16.0. The Morgan fingerprint density at radius 3 is 2.63 bits per heavy atom. The molecule has 27 heavy (non-hydrogen) atoms. The smallest absolute Gasteiger partial charge is 0.162 e. The lowest BCUT2D eigenvalue weighted by atomic mass is 9.92. The predicted molar refractivity (Wildman–Crippen MR) is 109 cm³/mol. The van der Waals surface area contributed by atoms with E-state index in [-0.39, 0.29) is 0 Å². The molecule has 1 aromatic carbocycles. The molecule has 0 unspecified atom stereocenters. The number of methoxy groups -OCH3 is 2. The molecule has 7 nitrogen and oxygen atoms in total. The number of hydrogen-bond donors (Lipinski definition) is 2. The molecule has 0 amide bonds. The van der Waals surface area contributed by atoms with Crippen LogP contribution in [0.1, 0.15) is 24.8 Å². The van der Waals surface area contributed by atoms with Crippen molar-refractivity contribution < 1.29 is 9.47 Å². The van der Waals surface area contributed by atoms with Crippen molar-refractivity contribution in [3.63, 3.8) is 0 Å². The monoisotopic (exact) mass is 387 g/mol. The summed E-state index contributed by atoms with van der Waals surface area (Å²) in [5.41, 5.74) is 2.33. The second-order valence-corrected chi connectivity index (χ2v) is 7.11. The van der Waals surface area contributed by atoms with Gasteiger partial charge < -0.3 is 14.4 Å². The molecule has 8 heteroatoms. The molecular formula is C19H25N5O2S. The van der Waals surface area contributed by atoms with E-state index in [4.69, 9.17) is 14.6 Å². The van der Waals surface area contributed by atoms with Crippen LogP contribution in [0.15, 0.2) is 18.3 Å². The normalized spacial score (nSPS) is 15.0. The molecule has 3 N–H and O–H groups in total. The maximum atomic E-state index is 9.64. The molecule has 0 saturated carbocycles. The van der Waals surface area contributed by atoms with E-state index >= 15 is 0 Å². The van der Waals surface area contributed by atoms with Crippen molar-refractivity contribution in [1.29, 1.82) is 5.26 Å².